The van der Waals surface area contributed by atoms with Crippen LogP contribution in [0, 0.1) is 11.8 Å². The second-order valence-corrected chi connectivity index (χ2v) is 12.4. The zero-order valence-electron chi connectivity index (χ0n) is 24.9. The standard InChI is InChI=1S/C22H36N3O3S.C8H13ClO2.HI/c1-3-4-5-9-15-27-21-20(23-29-24-21)19-13-10-14-25(2,16-19)17-28-22(26)18-11-7-6-8-12-18;9-6-11-8(10)7-4-2-1-3-5-7;/h13,18H,3-12,14-17H2,1-2H3;7H,1-6H2;1H/q+1;;/p-1. The fraction of sp³-hybridized carbons (Fsp3) is 0.800. The minimum atomic E-state index is -0.111. The van der Waals surface area contributed by atoms with Crippen molar-refractivity contribution in [3.05, 3.63) is 11.8 Å². The third kappa shape index (κ3) is 12.6. The number of unbranched alkanes of at least 4 members (excludes halogenated alkanes) is 3. The van der Waals surface area contributed by atoms with Gasteiger partial charge in [-0.1, -0.05) is 82.4 Å². The Morgan fingerprint density at radius 2 is 1.59 bits per heavy atom. The maximum absolute atomic E-state index is 12.5. The molecule has 0 radical (unpaired) electrons. The first kappa shape index (κ1) is 36.2. The quantitative estimate of drug-likeness (QED) is 0.105. The summed E-state index contributed by atoms with van der Waals surface area (Å²) in [5.74, 6) is 0.768. The van der Waals surface area contributed by atoms with Crippen LogP contribution in [0.4, 0.5) is 0 Å². The van der Waals surface area contributed by atoms with Crippen LogP contribution in [0.2, 0.25) is 0 Å². The van der Waals surface area contributed by atoms with E-state index < -0.39 is 0 Å². The van der Waals surface area contributed by atoms with E-state index in [1.807, 2.05) is 0 Å². The van der Waals surface area contributed by atoms with Crippen LogP contribution < -0.4 is 28.7 Å². The molecule has 2 fully saturated rings. The lowest BCUT2D eigenvalue weighted by molar-refractivity contribution is -0.919. The van der Waals surface area contributed by atoms with Gasteiger partial charge in [0.05, 0.1) is 43.8 Å². The van der Waals surface area contributed by atoms with E-state index in [9.17, 15) is 9.59 Å². The lowest BCUT2D eigenvalue weighted by Gasteiger charge is -2.37. The van der Waals surface area contributed by atoms with Crippen molar-refractivity contribution < 1.29 is 52.3 Å². The lowest BCUT2D eigenvalue weighted by Crippen LogP contribution is -3.00. The van der Waals surface area contributed by atoms with Crippen LogP contribution in [0.25, 0.3) is 5.57 Å². The molecule has 0 saturated heterocycles. The molecular weight excluding hydrogens is 677 g/mol. The van der Waals surface area contributed by atoms with Crippen molar-refractivity contribution >= 4 is 40.8 Å². The Labute approximate surface area is 272 Å². The molecule has 41 heavy (non-hydrogen) atoms. The maximum Gasteiger partial charge on any atom is 0.313 e. The van der Waals surface area contributed by atoms with Gasteiger partial charge >= 0.3 is 11.9 Å². The van der Waals surface area contributed by atoms with Gasteiger partial charge in [-0.15, -0.1) is 4.37 Å². The Morgan fingerprint density at radius 1 is 0.951 bits per heavy atom. The topological polar surface area (TPSA) is 87.6 Å². The lowest BCUT2D eigenvalue weighted by atomic mass is 9.89. The number of alkyl halides is 1. The fourth-order valence-corrected chi connectivity index (χ4v) is 6.38. The summed E-state index contributed by atoms with van der Waals surface area (Å²) in [5.41, 5.74) is 2.03. The number of aromatic nitrogens is 2. The van der Waals surface area contributed by atoms with Crippen molar-refractivity contribution in [1.29, 1.82) is 0 Å². The Bertz CT molecular complexity index is 937. The predicted octanol–water partition coefficient (Wildman–Crippen LogP) is 4.12. The first-order valence-electron chi connectivity index (χ1n) is 15.3. The van der Waals surface area contributed by atoms with E-state index in [4.69, 9.17) is 25.8 Å². The Kier molecular flexibility index (Phi) is 17.7. The molecule has 1 aromatic heterocycles. The number of likely N-dealkylation sites (N-methyl/N-ethyl adjacent to an activating group) is 1. The van der Waals surface area contributed by atoms with Gasteiger partial charge in [-0.05, 0) is 32.1 Å². The Morgan fingerprint density at radius 3 is 2.20 bits per heavy atom. The van der Waals surface area contributed by atoms with Crippen LogP contribution in [0.15, 0.2) is 6.08 Å². The number of rotatable bonds is 12. The predicted molar refractivity (Wildman–Crippen MR) is 159 cm³/mol. The second kappa shape index (κ2) is 20.1. The minimum absolute atomic E-state index is 0. The number of hydrogen-bond donors (Lipinski definition) is 0. The first-order valence-corrected chi connectivity index (χ1v) is 16.6. The summed E-state index contributed by atoms with van der Waals surface area (Å²) >= 11 is 6.48. The summed E-state index contributed by atoms with van der Waals surface area (Å²) in [6.07, 6.45) is 18.9. The van der Waals surface area contributed by atoms with E-state index in [0.29, 0.717) is 23.7 Å². The molecule has 1 aromatic rings. The summed E-state index contributed by atoms with van der Waals surface area (Å²) in [4.78, 5) is 23.5. The average Bonchev–Trinajstić information content (AvgIpc) is 3.46. The number of ether oxygens (including phenoxy) is 3. The van der Waals surface area contributed by atoms with Gasteiger partial charge in [-0.25, -0.2) is 0 Å². The van der Waals surface area contributed by atoms with Crippen LogP contribution in [0.1, 0.15) is 109 Å². The largest absolute Gasteiger partial charge is 1.00 e. The number of nitrogens with zero attached hydrogens (tertiary/aromatic N) is 3. The van der Waals surface area contributed by atoms with Crippen LogP contribution in [0.5, 0.6) is 5.88 Å². The SMILES string of the molecule is CCCCCCOc1nsnc1C1=CCC[N+](C)(COC(=O)C2CCCCC2)C1.O=C(OCCl)C1CCCCC1.[I-]. The number of quaternary nitrogens is 1. The number of halogens is 2. The molecule has 2 aliphatic carbocycles. The molecule has 1 unspecified atom stereocenters. The summed E-state index contributed by atoms with van der Waals surface area (Å²) in [6.45, 7) is 5.08. The minimum Gasteiger partial charge on any atom is -1.00 e. The van der Waals surface area contributed by atoms with Gasteiger partial charge in [0.25, 0.3) is 5.88 Å². The van der Waals surface area contributed by atoms with Gasteiger partial charge in [0.15, 0.2) is 6.07 Å². The van der Waals surface area contributed by atoms with Crippen LogP contribution in [0.3, 0.4) is 0 Å². The highest BCUT2D eigenvalue weighted by Crippen LogP contribution is 2.31. The highest BCUT2D eigenvalue weighted by atomic mass is 127. The van der Waals surface area contributed by atoms with Gasteiger partial charge in [-0.3, -0.25) is 14.1 Å². The van der Waals surface area contributed by atoms with Crippen molar-refractivity contribution in [2.24, 2.45) is 11.8 Å². The molecule has 1 aliphatic heterocycles. The molecule has 4 rings (SSSR count). The van der Waals surface area contributed by atoms with E-state index in [1.165, 1.54) is 43.8 Å². The van der Waals surface area contributed by atoms with Gasteiger partial charge in [0.2, 0.25) is 6.73 Å². The summed E-state index contributed by atoms with van der Waals surface area (Å²) in [7, 11) is 2.16. The Hall–Kier alpha value is -0.980. The van der Waals surface area contributed by atoms with Crippen molar-refractivity contribution in [1.82, 2.24) is 8.75 Å². The van der Waals surface area contributed by atoms with E-state index in [0.717, 1.165) is 88.6 Å². The van der Waals surface area contributed by atoms with Crippen molar-refractivity contribution in [3.63, 3.8) is 0 Å². The normalized spacial score (nSPS) is 21.5. The molecule has 11 heteroatoms. The molecule has 3 aliphatic rings. The van der Waals surface area contributed by atoms with E-state index in [2.05, 4.69) is 28.8 Å². The second-order valence-electron chi connectivity index (χ2n) is 11.7. The summed E-state index contributed by atoms with van der Waals surface area (Å²) < 4.78 is 26.0. The van der Waals surface area contributed by atoms with Gasteiger partial charge < -0.3 is 38.2 Å². The monoisotopic (exact) mass is 725 g/mol. The fourth-order valence-electron chi connectivity index (χ4n) is 5.74. The third-order valence-corrected chi connectivity index (χ3v) is 8.82. The molecule has 0 N–H and O–H groups in total. The highest BCUT2D eigenvalue weighted by molar-refractivity contribution is 6.99. The molecule has 8 nitrogen and oxygen atoms in total. The average molecular weight is 726 g/mol. The highest BCUT2D eigenvalue weighted by Gasteiger charge is 2.32. The first-order chi connectivity index (χ1) is 19.5. The van der Waals surface area contributed by atoms with Crippen molar-refractivity contribution in [2.45, 2.75) is 103 Å². The van der Waals surface area contributed by atoms with Crippen LogP contribution in [-0.4, -0.2) is 64.7 Å². The molecule has 1 atom stereocenters. The zero-order chi connectivity index (χ0) is 28.6. The molecular formula is C30H49ClIN3O5S. The third-order valence-electron chi connectivity index (χ3n) is 8.20. The van der Waals surface area contributed by atoms with Crippen LogP contribution >= 0.6 is 23.3 Å². The van der Waals surface area contributed by atoms with Gasteiger partial charge in [0, 0.05) is 12.0 Å². The van der Waals surface area contributed by atoms with Crippen LogP contribution in [-0.2, 0) is 19.1 Å². The Balaban J connectivity index is 0.000000413. The maximum atomic E-state index is 12.5. The zero-order valence-corrected chi connectivity index (χ0v) is 28.7. The van der Waals surface area contributed by atoms with E-state index in [-0.39, 0.29) is 53.8 Å². The number of carbonyl (C=O) groups excluding carboxylic acids is 2. The molecule has 2 saturated carbocycles. The van der Waals surface area contributed by atoms with Gasteiger partial charge in [-0.2, -0.15) is 4.37 Å². The molecule has 2 heterocycles. The smallest absolute Gasteiger partial charge is 0.313 e. The van der Waals surface area contributed by atoms with Gasteiger partial charge in [0.1, 0.15) is 12.2 Å². The van der Waals surface area contributed by atoms with Crippen molar-refractivity contribution in [3.8, 4) is 5.88 Å². The van der Waals surface area contributed by atoms with Crippen molar-refractivity contribution in [2.75, 3.05) is 39.5 Å². The molecule has 234 valence electrons. The number of hydrogen-bond acceptors (Lipinski definition) is 8. The number of esters is 2. The van der Waals surface area contributed by atoms with E-state index in [1.54, 1.807) is 0 Å². The summed E-state index contributed by atoms with van der Waals surface area (Å²) in [6, 6.07) is -0.00463. The molecule has 0 aromatic carbocycles. The van der Waals surface area contributed by atoms with E-state index >= 15 is 0 Å². The summed E-state index contributed by atoms with van der Waals surface area (Å²) in [5, 5.41) is 0. The number of carbonyl (C=O) groups is 2. The molecule has 0 spiro atoms. The molecule has 0 bridgehead atoms. The molecule has 0 amide bonds.